The van der Waals surface area contributed by atoms with E-state index in [0.29, 0.717) is 12.5 Å². The second kappa shape index (κ2) is 7.64. The summed E-state index contributed by atoms with van der Waals surface area (Å²) in [5.74, 6) is 5.01. The van der Waals surface area contributed by atoms with Gasteiger partial charge in [-0.05, 0) is 37.6 Å². The average molecular weight is 311 g/mol. The van der Waals surface area contributed by atoms with Gasteiger partial charge in [0.25, 0.3) is 0 Å². The van der Waals surface area contributed by atoms with Crippen LogP contribution in [0.5, 0.6) is 0 Å². The zero-order valence-electron chi connectivity index (χ0n) is 12.4. The summed E-state index contributed by atoms with van der Waals surface area (Å²) >= 11 is 5.92. The zero-order chi connectivity index (χ0) is 15.2. The lowest BCUT2D eigenvalue weighted by molar-refractivity contribution is -0.121. The molecule has 1 aromatic rings. The van der Waals surface area contributed by atoms with Crippen LogP contribution in [0, 0.1) is 0 Å². The number of nitrogens with zero attached hydrogens (tertiary/aromatic N) is 2. The highest BCUT2D eigenvalue weighted by molar-refractivity contribution is 6.30. The molecule has 1 amide bonds. The maximum Gasteiger partial charge on any atom is 0.233 e. The van der Waals surface area contributed by atoms with Gasteiger partial charge in [0.15, 0.2) is 0 Å². The molecule has 116 valence electrons. The lowest BCUT2D eigenvalue weighted by atomic mass is 10.1. The fraction of sp³-hybridized carbons (Fsp3) is 0.533. The predicted octanol–water partition coefficient (Wildman–Crippen LogP) is 1.62. The van der Waals surface area contributed by atoms with E-state index in [4.69, 9.17) is 17.4 Å². The molecule has 1 aliphatic rings. The molecule has 0 aromatic heterocycles. The van der Waals surface area contributed by atoms with Crippen molar-refractivity contribution in [3.05, 3.63) is 29.3 Å². The van der Waals surface area contributed by atoms with E-state index in [1.807, 2.05) is 12.1 Å². The molecular weight excluding hydrogens is 288 g/mol. The van der Waals surface area contributed by atoms with Gasteiger partial charge in [-0.2, -0.15) is 0 Å². The molecule has 3 N–H and O–H groups in total. The molecule has 0 aliphatic carbocycles. The van der Waals surface area contributed by atoms with Gasteiger partial charge in [0, 0.05) is 49.4 Å². The third kappa shape index (κ3) is 4.59. The average Bonchev–Trinajstić information content (AvgIpc) is 2.53. The summed E-state index contributed by atoms with van der Waals surface area (Å²) in [4.78, 5) is 16.0. The van der Waals surface area contributed by atoms with Gasteiger partial charge >= 0.3 is 0 Å². The lowest BCUT2D eigenvalue weighted by Gasteiger charge is -2.39. The van der Waals surface area contributed by atoms with Gasteiger partial charge in [-0.25, -0.2) is 5.84 Å². The Balaban J connectivity index is 1.79. The number of hydrogen-bond acceptors (Lipinski definition) is 4. The summed E-state index contributed by atoms with van der Waals surface area (Å²) in [6, 6.07) is 8.38. The van der Waals surface area contributed by atoms with Crippen LogP contribution in [0.25, 0.3) is 0 Å². The molecular formula is C15H23ClN4O. The minimum Gasteiger partial charge on any atom is -0.369 e. The minimum atomic E-state index is -0.0957. The van der Waals surface area contributed by atoms with E-state index in [-0.39, 0.29) is 5.91 Å². The van der Waals surface area contributed by atoms with Crippen molar-refractivity contribution in [1.29, 1.82) is 0 Å². The summed E-state index contributed by atoms with van der Waals surface area (Å²) in [6.07, 6.45) is 1.32. The molecule has 1 saturated heterocycles. The third-order valence-corrected chi connectivity index (χ3v) is 4.33. The molecule has 21 heavy (non-hydrogen) atoms. The molecule has 0 bridgehead atoms. The van der Waals surface area contributed by atoms with Crippen LogP contribution in [0.1, 0.15) is 19.8 Å². The first-order valence-electron chi connectivity index (χ1n) is 7.34. The maximum absolute atomic E-state index is 11.2. The molecule has 2 rings (SSSR count). The molecule has 0 radical (unpaired) electrons. The van der Waals surface area contributed by atoms with Crippen LogP contribution in [-0.2, 0) is 4.79 Å². The lowest BCUT2D eigenvalue weighted by Crippen LogP contribution is -2.49. The van der Waals surface area contributed by atoms with Gasteiger partial charge in [0.2, 0.25) is 5.91 Å². The van der Waals surface area contributed by atoms with E-state index in [0.717, 1.165) is 37.6 Å². The van der Waals surface area contributed by atoms with E-state index in [1.54, 1.807) is 0 Å². The van der Waals surface area contributed by atoms with Gasteiger partial charge in [-0.1, -0.05) is 11.6 Å². The van der Waals surface area contributed by atoms with Gasteiger partial charge in [0.05, 0.1) is 0 Å². The zero-order valence-corrected chi connectivity index (χ0v) is 13.1. The highest BCUT2D eigenvalue weighted by Crippen LogP contribution is 2.20. The highest BCUT2D eigenvalue weighted by atomic mass is 35.5. The molecule has 6 heteroatoms. The SMILES string of the molecule is CC(CCC(=O)NN)N1CCN(c2ccc(Cl)cc2)CC1. The number of rotatable bonds is 5. The van der Waals surface area contributed by atoms with E-state index < -0.39 is 0 Å². The molecule has 1 atom stereocenters. The predicted molar refractivity (Wildman–Crippen MR) is 86.3 cm³/mol. The number of amides is 1. The fourth-order valence-electron chi connectivity index (χ4n) is 2.67. The van der Waals surface area contributed by atoms with Crippen molar-refractivity contribution in [2.45, 2.75) is 25.8 Å². The normalized spacial score (nSPS) is 17.6. The Morgan fingerprint density at radius 1 is 1.29 bits per heavy atom. The Labute approximate surface area is 131 Å². The second-order valence-electron chi connectivity index (χ2n) is 5.45. The molecule has 1 aromatic carbocycles. The molecule has 5 nitrogen and oxygen atoms in total. The monoisotopic (exact) mass is 310 g/mol. The van der Waals surface area contributed by atoms with Crippen molar-refractivity contribution in [2.24, 2.45) is 5.84 Å². The van der Waals surface area contributed by atoms with Gasteiger partial charge in [0.1, 0.15) is 0 Å². The van der Waals surface area contributed by atoms with Gasteiger partial charge in [-0.15, -0.1) is 0 Å². The summed E-state index contributed by atoms with van der Waals surface area (Å²) in [6.45, 7) is 6.17. The van der Waals surface area contributed by atoms with Crippen LogP contribution in [0.4, 0.5) is 5.69 Å². The Hall–Kier alpha value is -1.30. The Bertz CT molecular complexity index is 457. The second-order valence-corrected chi connectivity index (χ2v) is 5.89. The number of piperazine rings is 1. The van der Waals surface area contributed by atoms with E-state index >= 15 is 0 Å². The van der Waals surface area contributed by atoms with Crippen molar-refractivity contribution in [2.75, 3.05) is 31.1 Å². The summed E-state index contributed by atoms with van der Waals surface area (Å²) in [7, 11) is 0. The first kappa shape index (κ1) is 16.1. The van der Waals surface area contributed by atoms with Crippen molar-refractivity contribution in [3.63, 3.8) is 0 Å². The number of nitrogens with two attached hydrogens (primary N) is 1. The van der Waals surface area contributed by atoms with Gasteiger partial charge < -0.3 is 4.90 Å². The van der Waals surface area contributed by atoms with Crippen molar-refractivity contribution >= 4 is 23.2 Å². The van der Waals surface area contributed by atoms with Crippen LogP contribution in [0.3, 0.4) is 0 Å². The summed E-state index contributed by atoms with van der Waals surface area (Å²) in [5.41, 5.74) is 3.40. The smallest absolute Gasteiger partial charge is 0.233 e. The molecule has 1 fully saturated rings. The minimum absolute atomic E-state index is 0.0957. The van der Waals surface area contributed by atoms with Crippen LogP contribution in [-0.4, -0.2) is 43.0 Å². The number of carbonyl (C=O) groups excluding carboxylic acids is 1. The Kier molecular flexibility index (Phi) is 5.85. The summed E-state index contributed by atoms with van der Waals surface area (Å²) in [5, 5.41) is 0.768. The number of carbonyl (C=O) groups is 1. The standard InChI is InChI=1S/C15H23ClN4O/c1-12(2-7-15(21)18-17)19-8-10-20(11-9-19)14-5-3-13(16)4-6-14/h3-6,12H,2,7-11,17H2,1H3,(H,18,21). The summed E-state index contributed by atoms with van der Waals surface area (Å²) < 4.78 is 0. The third-order valence-electron chi connectivity index (χ3n) is 4.08. The number of benzene rings is 1. The number of halogens is 1. The fourth-order valence-corrected chi connectivity index (χ4v) is 2.79. The number of hydrazine groups is 1. The van der Waals surface area contributed by atoms with Crippen LogP contribution in [0.2, 0.25) is 5.02 Å². The maximum atomic E-state index is 11.2. The Morgan fingerprint density at radius 2 is 1.90 bits per heavy atom. The molecule has 0 spiro atoms. The molecule has 1 unspecified atom stereocenters. The molecule has 1 heterocycles. The molecule has 1 aliphatic heterocycles. The highest BCUT2D eigenvalue weighted by Gasteiger charge is 2.21. The number of nitrogens with one attached hydrogen (secondary N) is 1. The van der Waals surface area contributed by atoms with Crippen molar-refractivity contribution in [3.8, 4) is 0 Å². The number of anilines is 1. The van der Waals surface area contributed by atoms with Crippen LogP contribution < -0.4 is 16.2 Å². The van der Waals surface area contributed by atoms with E-state index in [2.05, 4.69) is 34.3 Å². The topological polar surface area (TPSA) is 61.6 Å². The quantitative estimate of drug-likeness (QED) is 0.493. The van der Waals surface area contributed by atoms with Crippen LogP contribution >= 0.6 is 11.6 Å². The largest absolute Gasteiger partial charge is 0.369 e. The first-order chi connectivity index (χ1) is 10.1. The van der Waals surface area contributed by atoms with E-state index in [9.17, 15) is 4.79 Å². The Morgan fingerprint density at radius 3 is 2.48 bits per heavy atom. The number of hydrogen-bond donors (Lipinski definition) is 2. The van der Waals surface area contributed by atoms with Crippen molar-refractivity contribution in [1.82, 2.24) is 10.3 Å². The van der Waals surface area contributed by atoms with Gasteiger partial charge in [-0.3, -0.25) is 15.1 Å². The first-order valence-corrected chi connectivity index (χ1v) is 7.72. The van der Waals surface area contributed by atoms with E-state index in [1.165, 1.54) is 5.69 Å². The van der Waals surface area contributed by atoms with Crippen LogP contribution in [0.15, 0.2) is 24.3 Å². The molecule has 0 saturated carbocycles. The van der Waals surface area contributed by atoms with Crippen molar-refractivity contribution < 1.29 is 4.79 Å².